The number of fused-ring (bicyclic) bond motifs is 1. The van der Waals surface area contributed by atoms with Gasteiger partial charge in [-0.3, -0.25) is 19.7 Å². The van der Waals surface area contributed by atoms with Crippen LogP contribution >= 0.6 is 0 Å². The van der Waals surface area contributed by atoms with Gasteiger partial charge in [-0.15, -0.1) is 0 Å². The largest absolute Gasteiger partial charge is 0.322 e. The number of nitrogens with zero attached hydrogens (tertiary/aromatic N) is 1. The van der Waals surface area contributed by atoms with Crippen LogP contribution in [0.5, 0.6) is 0 Å². The van der Waals surface area contributed by atoms with Crippen LogP contribution in [0.2, 0.25) is 0 Å². The van der Waals surface area contributed by atoms with Crippen molar-refractivity contribution in [2.45, 2.75) is 109 Å². The lowest BCUT2D eigenvalue weighted by Gasteiger charge is -2.29. The number of imide groups is 1. The first-order valence-corrected chi connectivity index (χ1v) is 13.1. The Kier molecular flexibility index (Phi) is 8.54. The Hall–Kier alpha value is -2.21. The minimum atomic E-state index is -0.539. The molecule has 6 nitrogen and oxygen atoms in total. The number of hydrogen-bond donors (Lipinski definition) is 2. The molecule has 0 spiro atoms. The second kappa shape index (κ2) is 11.8. The average molecular weight is 454 g/mol. The number of benzene rings is 1. The van der Waals surface area contributed by atoms with Crippen molar-refractivity contribution in [3.8, 4) is 0 Å². The van der Waals surface area contributed by atoms with Crippen LogP contribution in [0.1, 0.15) is 105 Å². The summed E-state index contributed by atoms with van der Waals surface area (Å²) in [6.45, 7) is 1.64. The molecule has 1 saturated carbocycles. The molecule has 3 amide bonds. The highest BCUT2D eigenvalue weighted by atomic mass is 16.2. The molecule has 3 aliphatic rings. The van der Waals surface area contributed by atoms with Crippen molar-refractivity contribution in [3.05, 3.63) is 34.9 Å². The summed E-state index contributed by atoms with van der Waals surface area (Å²) in [6, 6.07) is 6.18. The molecule has 0 aromatic heterocycles. The number of unbranched alkanes of at least 4 members (excludes halogenated alkanes) is 5. The Bertz CT molecular complexity index is 847. The number of nitrogens with one attached hydrogen (secondary N) is 2. The minimum Gasteiger partial charge on any atom is -0.322 e. The Labute approximate surface area is 197 Å². The van der Waals surface area contributed by atoms with E-state index in [2.05, 4.69) is 16.7 Å². The first kappa shape index (κ1) is 23.9. The molecule has 0 bridgehead atoms. The van der Waals surface area contributed by atoms with E-state index >= 15 is 0 Å². The fourth-order valence-corrected chi connectivity index (χ4v) is 5.64. The number of aryl methyl sites for hydroxylation is 1. The number of rotatable bonds is 11. The van der Waals surface area contributed by atoms with Crippen molar-refractivity contribution >= 4 is 17.7 Å². The molecule has 1 atom stereocenters. The molecule has 4 rings (SSSR count). The first-order valence-electron chi connectivity index (χ1n) is 13.1. The topological polar surface area (TPSA) is 78.5 Å². The summed E-state index contributed by atoms with van der Waals surface area (Å²) in [5, 5.41) is 6.11. The highest BCUT2D eigenvalue weighted by molar-refractivity contribution is 6.05. The van der Waals surface area contributed by atoms with Crippen LogP contribution < -0.4 is 10.6 Å². The number of carbonyl (C=O) groups excluding carboxylic acids is 3. The summed E-state index contributed by atoms with van der Waals surface area (Å²) < 4.78 is 0. The van der Waals surface area contributed by atoms with E-state index in [-0.39, 0.29) is 17.7 Å². The molecule has 2 heterocycles. The van der Waals surface area contributed by atoms with Gasteiger partial charge in [0.1, 0.15) is 6.04 Å². The molecule has 2 aliphatic heterocycles. The summed E-state index contributed by atoms with van der Waals surface area (Å²) in [5.74, 6) is -0.673. The molecule has 2 fully saturated rings. The van der Waals surface area contributed by atoms with Gasteiger partial charge in [0.05, 0.1) is 0 Å². The zero-order valence-electron chi connectivity index (χ0n) is 19.9. The zero-order valence-corrected chi connectivity index (χ0v) is 19.9. The lowest BCUT2D eigenvalue weighted by atomic mass is 9.95. The maximum atomic E-state index is 12.9. The Morgan fingerprint density at radius 3 is 2.45 bits per heavy atom. The van der Waals surface area contributed by atoms with Crippen molar-refractivity contribution in [2.24, 2.45) is 0 Å². The summed E-state index contributed by atoms with van der Waals surface area (Å²) in [4.78, 5) is 38.3. The normalized spacial score (nSPS) is 21.4. The highest BCUT2D eigenvalue weighted by Crippen LogP contribution is 2.30. The Morgan fingerprint density at radius 2 is 1.67 bits per heavy atom. The SMILES string of the molecule is O=C1CCC(N2Cc3c(CCCCCCCCNC4CCCCC4)cccc3C2=O)C(=O)N1. The van der Waals surface area contributed by atoms with Gasteiger partial charge in [0.15, 0.2) is 0 Å². The van der Waals surface area contributed by atoms with Gasteiger partial charge >= 0.3 is 0 Å². The Morgan fingerprint density at radius 1 is 0.909 bits per heavy atom. The van der Waals surface area contributed by atoms with Gasteiger partial charge in [-0.2, -0.15) is 0 Å². The van der Waals surface area contributed by atoms with E-state index in [1.54, 1.807) is 4.90 Å². The van der Waals surface area contributed by atoms with E-state index in [4.69, 9.17) is 0 Å². The first-order chi connectivity index (χ1) is 16.1. The van der Waals surface area contributed by atoms with Gasteiger partial charge in [0, 0.05) is 24.6 Å². The smallest absolute Gasteiger partial charge is 0.255 e. The summed E-state index contributed by atoms with van der Waals surface area (Å²) in [7, 11) is 0. The van der Waals surface area contributed by atoms with Gasteiger partial charge in [-0.1, -0.05) is 57.1 Å². The van der Waals surface area contributed by atoms with Crippen molar-refractivity contribution in [1.82, 2.24) is 15.5 Å². The minimum absolute atomic E-state index is 0.0804. The van der Waals surface area contributed by atoms with Gasteiger partial charge in [-0.25, -0.2) is 0 Å². The third-order valence-electron chi connectivity index (χ3n) is 7.59. The lowest BCUT2D eigenvalue weighted by molar-refractivity contribution is -0.136. The molecular formula is C27H39N3O3. The fourth-order valence-electron chi connectivity index (χ4n) is 5.64. The van der Waals surface area contributed by atoms with Crippen molar-refractivity contribution < 1.29 is 14.4 Å². The van der Waals surface area contributed by atoms with Crippen LogP contribution in [0.15, 0.2) is 18.2 Å². The second-order valence-corrected chi connectivity index (χ2v) is 10.0. The third kappa shape index (κ3) is 6.23. The van der Waals surface area contributed by atoms with E-state index in [1.165, 1.54) is 76.3 Å². The standard InChI is InChI=1S/C27H39N3O3/c31-25-17-16-24(26(32)29-25)30-19-23-20(12-10-15-22(23)27(30)33)11-6-3-1-2-4-9-18-28-21-13-7-5-8-14-21/h10,12,15,21,24,28H,1-9,11,13-14,16-19H2,(H,29,31,32). The van der Waals surface area contributed by atoms with Crippen molar-refractivity contribution in [2.75, 3.05) is 6.54 Å². The van der Waals surface area contributed by atoms with Crippen molar-refractivity contribution in [3.63, 3.8) is 0 Å². The van der Waals surface area contributed by atoms with E-state index in [0.717, 1.165) is 30.0 Å². The van der Waals surface area contributed by atoms with Crippen LogP contribution in [0.3, 0.4) is 0 Å². The molecule has 1 aromatic carbocycles. The van der Waals surface area contributed by atoms with E-state index in [1.807, 2.05) is 12.1 Å². The van der Waals surface area contributed by atoms with Crippen LogP contribution in [-0.2, 0) is 22.6 Å². The van der Waals surface area contributed by atoms with Gasteiger partial charge in [-0.05, 0) is 62.3 Å². The summed E-state index contributed by atoms with van der Waals surface area (Å²) in [6.07, 6.45) is 16.1. The number of hydrogen-bond acceptors (Lipinski definition) is 4. The van der Waals surface area contributed by atoms with Crippen LogP contribution in [0.25, 0.3) is 0 Å². The molecule has 1 aliphatic carbocycles. The average Bonchev–Trinajstić information content (AvgIpc) is 3.15. The predicted octanol–water partition coefficient (Wildman–Crippen LogP) is 4.25. The lowest BCUT2D eigenvalue weighted by Crippen LogP contribution is -2.52. The van der Waals surface area contributed by atoms with Gasteiger partial charge < -0.3 is 10.2 Å². The maximum absolute atomic E-state index is 12.9. The second-order valence-electron chi connectivity index (χ2n) is 10.0. The highest BCUT2D eigenvalue weighted by Gasteiger charge is 2.39. The Balaban J connectivity index is 1.16. The van der Waals surface area contributed by atoms with Crippen LogP contribution in [0.4, 0.5) is 0 Å². The molecule has 1 saturated heterocycles. The molecule has 180 valence electrons. The number of carbonyl (C=O) groups is 3. The fraction of sp³-hybridized carbons (Fsp3) is 0.667. The maximum Gasteiger partial charge on any atom is 0.255 e. The number of amides is 3. The molecule has 1 aromatic rings. The molecule has 0 radical (unpaired) electrons. The van der Waals surface area contributed by atoms with Crippen LogP contribution in [0, 0.1) is 0 Å². The van der Waals surface area contributed by atoms with Crippen LogP contribution in [-0.4, -0.2) is 41.2 Å². The molecule has 33 heavy (non-hydrogen) atoms. The molecule has 6 heteroatoms. The van der Waals surface area contributed by atoms with E-state index in [9.17, 15) is 14.4 Å². The molecule has 2 N–H and O–H groups in total. The predicted molar refractivity (Wildman–Crippen MR) is 129 cm³/mol. The van der Waals surface area contributed by atoms with Crippen molar-refractivity contribution in [1.29, 1.82) is 0 Å². The van der Waals surface area contributed by atoms with Gasteiger partial charge in [0.2, 0.25) is 11.8 Å². The zero-order chi connectivity index (χ0) is 23.0. The third-order valence-corrected chi connectivity index (χ3v) is 7.59. The monoisotopic (exact) mass is 453 g/mol. The summed E-state index contributed by atoms with van der Waals surface area (Å²) in [5.41, 5.74) is 3.02. The molecular weight excluding hydrogens is 414 g/mol. The summed E-state index contributed by atoms with van der Waals surface area (Å²) >= 11 is 0. The molecule has 1 unspecified atom stereocenters. The van der Waals surface area contributed by atoms with E-state index < -0.39 is 6.04 Å². The van der Waals surface area contributed by atoms with E-state index in [0.29, 0.717) is 19.4 Å². The number of piperidine rings is 1. The van der Waals surface area contributed by atoms with Gasteiger partial charge in [0.25, 0.3) is 5.91 Å². The quantitative estimate of drug-likeness (QED) is 0.388.